The van der Waals surface area contributed by atoms with Crippen molar-refractivity contribution in [3.05, 3.63) is 33.8 Å². The molecule has 5 heteroatoms. The highest BCUT2D eigenvalue weighted by molar-refractivity contribution is 6.33. The maximum atomic E-state index is 12.6. The Morgan fingerprint density at radius 2 is 2.00 bits per heavy atom. The van der Waals surface area contributed by atoms with Crippen LogP contribution >= 0.6 is 23.2 Å². The second-order valence-electron chi connectivity index (χ2n) is 3.22. The van der Waals surface area contributed by atoms with E-state index < -0.39 is 18.1 Å². The van der Waals surface area contributed by atoms with Crippen molar-refractivity contribution in [2.75, 3.05) is 0 Å². The Morgan fingerprint density at radius 3 is 2.53 bits per heavy atom. The lowest BCUT2D eigenvalue weighted by molar-refractivity contribution is -0.139. The Labute approximate surface area is 96.0 Å². The molecule has 1 aromatic carbocycles. The molecule has 0 amide bonds. The minimum absolute atomic E-state index is 0.261. The second-order valence-corrected chi connectivity index (χ2v) is 4.07. The van der Waals surface area contributed by atoms with Gasteiger partial charge < -0.3 is 0 Å². The molecule has 0 radical (unpaired) electrons. The van der Waals surface area contributed by atoms with E-state index in [1.807, 2.05) is 0 Å². The Bertz CT molecular complexity index is 385. The van der Waals surface area contributed by atoms with Crippen LogP contribution in [0.5, 0.6) is 0 Å². The minimum atomic E-state index is -3.34. The molecule has 0 aliphatic carbocycles. The van der Waals surface area contributed by atoms with Gasteiger partial charge in [0.1, 0.15) is 0 Å². The number of Topliss-reactive ketones (excluding diaryl/α,β-unsaturated/α-hetero) is 1. The summed E-state index contributed by atoms with van der Waals surface area (Å²) in [6.45, 7) is 0.563. The molecule has 0 saturated carbocycles. The van der Waals surface area contributed by atoms with Crippen LogP contribution in [0.4, 0.5) is 8.78 Å². The van der Waals surface area contributed by atoms with E-state index in [1.54, 1.807) is 0 Å². The summed E-state index contributed by atoms with van der Waals surface area (Å²) in [5.74, 6) is -4.52. The molecule has 0 bridgehead atoms. The largest absolute Gasteiger partial charge is 0.302 e. The van der Waals surface area contributed by atoms with Gasteiger partial charge in [-0.15, -0.1) is 0 Å². The van der Waals surface area contributed by atoms with Crippen molar-refractivity contribution >= 4 is 29.0 Å². The zero-order chi connectivity index (χ0) is 11.6. The molecule has 0 unspecified atom stereocenters. The van der Waals surface area contributed by atoms with Crippen LogP contribution in [0.3, 0.4) is 0 Å². The average Bonchev–Trinajstić information content (AvgIpc) is 2.09. The van der Waals surface area contributed by atoms with E-state index in [4.69, 9.17) is 23.2 Å². The number of rotatable bonds is 3. The lowest BCUT2D eigenvalue weighted by atomic mass is 10.1. The van der Waals surface area contributed by atoms with Gasteiger partial charge in [0.25, 0.3) is 0 Å². The Morgan fingerprint density at radius 1 is 1.40 bits per heavy atom. The number of ketones is 1. The van der Waals surface area contributed by atoms with Crippen LogP contribution in [0.2, 0.25) is 10.0 Å². The molecule has 0 spiro atoms. The molecular weight excluding hydrogens is 245 g/mol. The third kappa shape index (κ3) is 3.43. The first-order valence-electron chi connectivity index (χ1n) is 4.16. The van der Waals surface area contributed by atoms with E-state index >= 15 is 0 Å². The average molecular weight is 253 g/mol. The fourth-order valence-electron chi connectivity index (χ4n) is 1.01. The van der Waals surface area contributed by atoms with Gasteiger partial charge in [-0.05, 0) is 23.8 Å². The molecule has 15 heavy (non-hydrogen) atoms. The van der Waals surface area contributed by atoms with Gasteiger partial charge in [-0.3, -0.25) is 4.79 Å². The van der Waals surface area contributed by atoms with E-state index in [0.717, 1.165) is 0 Å². The fourth-order valence-corrected chi connectivity index (χ4v) is 1.39. The normalized spacial score (nSPS) is 11.5. The molecule has 0 fully saturated rings. The standard InChI is InChI=1S/C10H8Cl2F2O/c1-10(13,14)9(15)5-6-4-7(11)2-3-8(6)12/h2-4H,5H2,1H3. The maximum absolute atomic E-state index is 12.6. The number of alkyl halides is 2. The van der Waals surface area contributed by atoms with Gasteiger partial charge in [-0.2, -0.15) is 8.78 Å². The zero-order valence-corrected chi connectivity index (χ0v) is 9.37. The molecule has 82 valence electrons. The number of halogens is 4. The van der Waals surface area contributed by atoms with Crippen molar-refractivity contribution in [1.29, 1.82) is 0 Å². The highest BCUT2D eigenvalue weighted by Gasteiger charge is 2.31. The van der Waals surface area contributed by atoms with Crippen molar-refractivity contribution in [3.8, 4) is 0 Å². The van der Waals surface area contributed by atoms with E-state index in [2.05, 4.69) is 0 Å². The summed E-state index contributed by atoms with van der Waals surface area (Å²) in [7, 11) is 0. The molecule has 0 aromatic heterocycles. The van der Waals surface area contributed by atoms with Gasteiger partial charge in [0.15, 0.2) is 0 Å². The highest BCUT2D eigenvalue weighted by Crippen LogP contribution is 2.24. The van der Waals surface area contributed by atoms with E-state index in [-0.39, 0.29) is 5.02 Å². The molecule has 0 heterocycles. The van der Waals surface area contributed by atoms with Crippen molar-refractivity contribution in [3.63, 3.8) is 0 Å². The van der Waals surface area contributed by atoms with Gasteiger partial charge >= 0.3 is 5.92 Å². The summed E-state index contributed by atoms with van der Waals surface area (Å²) in [5.41, 5.74) is 0.315. The van der Waals surface area contributed by atoms with E-state index in [1.165, 1.54) is 18.2 Å². The first kappa shape index (κ1) is 12.4. The Hall–Kier alpha value is -0.670. The fraction of sp³-hybridized carbons (Fsp3) is 0.300. The molecule has 0 N–H and O–H groups in total. The minimum Gasteiger partial charge on any atom is -0.293 e. The lowest BCUT2D eigenvalue weighted by Gasteiger charge is -2.09. The molecule has 0 aliphatic heterocycles. The highest BCUT2D eigenvalue weighted by atomic mass is 35.5. The van der Waals surface area contributed by atoms with Crippen LogP contribution in [0, 0.1) is 0 Å². The quantitative estimate of drug-likeness (QED) is 0.801. The topological polar surface area (TPSA) is 17.1 Å². The third-order valence-corrected chi connectivity index (χ3v) is 2.45. The van der Waals surface area contributed by atoms with E-state index in [9.17, 15) is 13.6 Å². The molecule has 0 aliphatic rings. The first-order chi connectivity index (χ1) is 6.80. The number of benzene rings is 1. The summed E-state index contributed by atoms with van der Waals surface area (Å²) in [6.07, 6.45) is -0.414. The SMILES string of the molecule is CC(F)(F)C(=O)Cc1cc(Cl)ccc1Cl. The first-order valence-corrected chi connectivity index (χ1v) is 4.91. The van der Waals surface area contributed by atoms with E-state index in [0.29, 0.717) is 17.5 Å². The van der Waals surface area contributed by atoms with Crippen LogP contribution in [-0.2, 0) is 11.2 Å². The Balaban J connectivity index is 2.90. The van der Waals surface area contributed by atoms with Crippen LogP contribution in [0.15, 0.2) is 18.2 Å². The summed E-state index contributed by atoms with van der Waals surface area (Å²) in [4.78, 5) is 11.0. The summed E-state index contributed by atoms with van der Waals surface area (Å²) < 4.78 is 25.2. The van der Waals surface area contributed by atoms with Crippen molar-refractivity contribution in [2.45, 2.75) is 19.3 Å². The van der Waals surface area contributed by atoms with Crippen LogP contribution < -0.4 is 0 Å². The smallest absolute Gasteiger partial charge is 0.293 e. The monoisotopic (exact) mass is 252 g/mol. The zero-order valence-electron chi connectivity index (χ0n) is 7.86. The number of carbonyl (C=O) groups is 1. The van der Waals surface area contributed by atoms with Gasteiger partial charge in [0.2, 0.25) is 5.78 Å². The van der Waals surface area contributed by atoms with Crippen LogP contribution in [-0.4, -0.2) is 11.7 Å². The molecule has 0 saturated heterocycles. The molecule has 1 rings (SSSR count). The van der Waals surface area contributed by atoms with Gasteiger partial charge in [-0.25, -0.2) is 0 Å². The van der Waals surface area contributed by atoms with Gasteiger partial charge in [0.05, 0.1) is 0 Å². The summed E-state index contributed by atoms with van der Waals surface area (Å²) in [6, 6.07) is 4.41. The molecule has 0 atom stereocenters. The Kier molecular flexibility index (Phi) is 3.68. The summed E-state index contributed by atoms with van der Waals surface area (Å²) in [5, 5.41) is 0.624. The van der Waals surface area contributed by atoms with Crippen molar-refractivity contribution in [2.24, 2.45) is 0 Å². The second kappa shape index (κ2) is 4.45. The van der Waals surface area contributed by atoms with Crippen molar-refractivity contribution < 1.29 is 13.6 Å². The molecule has 1 nitrogen and oxygen atoms in total. The number of hydrogen-bond acceptors (Lipinski definition) is 1. The predicted molar refractivity (Wildman–Crippen MR) is 55.8 cm³/mol. The molecular formula is C10H8Cl2F2O. The summed E-state index contributed by atoms with van der Waals surface area (Å²) >= 11 is 11.4. The van der Waals surface area contributed by atoms with Crippen LogP contribution in [0.1, 0.15) is 12.5 Å². The molecule has 1 aromatic rings. The third-order valence-electron chi connectivity index (χ3n) is 1.85. The van der Waals surface area contributed by atoms with Gasteiger partial charge in [-0.1, -0.05) is 23.2 Å². The van der Waals surface area contributed by atoms with Crippen LogP contribution in [0.25, 0.3) is 0 Å². The number of hydrogen-bond donors (Lipinski definition) is 0. The van der Waals surface area contributed by atoms with Gasteiger partial charge in [0, 0.05) is 23.4 Å². The predicted octanol–water partition coefficient (Wildman–Crippen LogP) is 3.76. The van der Waals surface area contributed by atoms with Crippen molar-refractivity contribution in [1.82, 2.24) is 0 Å². The lowest BCUT2D eigenvalue weighted by Crippen LogP contribution is -2.26. The number of carbonyl (C=O) groups excluding carboxylic acids is 1. The maximum Gasteiger partial charge on any atom is 0.302 e.